The highest BCUT2D eigenvalue weighted by Gasteiger charge is 2.34. The topological polar surface area (TPSA) is 43.9 Å². The maximum Gasteiger partial charge on any atom is 0.416 e. The number of amides is 2. The van der Waals surface area contributed by atoms with Crippen LogP contribution in [0.4, 0.5) is 13.2 Å². The standard InChI is InChI=1S/C46H56F3N3O2.C2H6/c1-7-10-11-13-36-14-16-39(17-15-36)34-52(43(53)27-22-37-18-25-41(26-19-37)46(47,48)49)42(32-38-20-23-40(24-21-38)45(4,5)6)44(54)51-30-28-50(29-31-51)33-35(9-3)12-8-2;1-2/h8-9,12,14-27,42H,2-3,7,10-11,13,28-34H2,1,4-6H3;1-2H3/b27-22+,35-12+;/t42-;/m0./s1. The maximum absolute atomic E-state index is 14.7. The second-order valence-electron chi connectivity index (χ2n) is 15.1. The molecule has 0 aromatic heterocycles. The monoisotopic (exact) mass is 769 g/mol. The molecule has 2 amide bonds. The average Bonchev–Trinajstić information content (AvgIpc) is 3.19. The summed E-state index contributed by atoms with van der Waals surface area (Å²) in [6, 6.07) is 20.3. The SMILES string of the molecule is C=C/C=C(\C=C)CN1CCN(C(=O)[C@H](Cc2ccc(C(C)(C)C)cc2)N(Cc2ccc(CCCCC)cc2)C(=O)/C=C/c2ccc(C(F)(F)F)cc2)CC1.CC. The number of hydrogen-bond donors (Lipinski definition) is 0. The highest BCUT2D eigenvalue weighted by atomic mass is 19.4. The smallest absolute Gasteiger partial charge is 0.338 e. The highest BCUT2D eigenvalue weighted by Crippen LogP contribution is 2.29. The van der Waals surface area contributed by atoms with Crippen LogP contribution in [0.15, 0.2) is 116 Å². The molecule has 4 rings (SSSR count). The van der Waals surface area contributed by atoms with Crippen molar-refractivity contribution >= 4 is 17.9 Å². The van der Waals surface area contributed by atoms with E-state index in [0.29, 0.717) is 44.7 Å². The summed E-state index contributed by atoms with van der Waals surface area (Å²) in [6.45, 7) is 23.6. The first-order valence-corrected chi connectivity index (χ1v) is 20.0. The summed E-state index contributed by atoms with van der Waals surface area (Å²) >= 11 is 0. The van der Waals surface area contributed by atoms with Crippen LogP contribution in [0.25, 0.3) is 6.08 Å². The molecule has 302 valence electrons. The number of halogens is 3. The second kappa shape index (κ2) is 22.2. The Hall–Kier alpha value is -4.69. The molecule has 8 heteroatoms. The fourth-order valence-electron chi connectivity index (χ4n) is 6.60. The summed E-state index contributed by atoms with van der Waals surface area (Å²) in [6.07, 6.45) is 8.60. The van der Waals surface area contributed by atoms with E-state index in [2.05, 4.69) is 70.0 Å². The van der Waals surface area contributed by atoms with Gasteiger partial charge in [0.15, 0.2) is 0 Å². The van der Waals surface area contributed by atoms with Gasteiger partial charge < -0.3 is 9.80 Å². The molecule has 1 saturated heterocycles. The Kier molecular flexibility index (Phi) is 18.1. The molecule has 1 atom stereocenters. The molecule has 0 radical (unpaired) electrons. The van der Waals surface area contributed by atoms with E-state index in [-0.39, 0.29) is 17.9 Å². The third kappa shape index (κ3) is 14.1. The Morgan fingerprint density at radius 3 is 1.91 bits per heavy atom. The zero-order valence-electron chi connectivity index (χ0n) is 34.4. The van der Waals surface area contributed by atoms with Crippen molar-refractivity contribution in [1.82, 2.24) is 14.7 Å². The van der Waals surface area contributed by atoms with Crippen LogP contribution >= 0.6 is 0 Å². The van der Waals surface area contributed by atoms with Crippen molar-refractivity contribution < 1.29 is 22.8 Å². The number of allylic oxidation sites excluding steroid dienone is 2. The van der Waals surface area contributed by atoms with E-state index >= 15 is 0 Å². The third-order valence-corrected chi connectivity index (χ3v) is 9.98. The number of rotatable bonds is 16. The van der Waals surface area contributed by atoms with Gasteiger partial charge in [0.05, 0.1) is 5.56 Å². The van der Waals surface area contributed by atoms with Gasteiger partial charge in [-0.15, -0.1) is 0 Å². The van der Waals surface area contributed by atoms with Gasteiger partial charge in [0.1, 0.15) is 6.04 Å². The number of aryl methyl sites for hydroxylation is 1. The molecule has 0 spiro atoms. The molecule has 1 fully saturated rings. The summed E-state index contributed by atoms with van der Waals surface area (Å²) in [5.74, 6) is -0.525. The van der Waals surface area contributed by atoms with Crippen molar-refractivity contribution in [2.45, 2.75) is 97.8 Å². The van der Waals surface area contributed by atoms with Crippen molar-refractivity contribution in [3.05, 3.63) is 149 Å². The summed E-state index contributed by atoms with van der Waals surface area (Å²) in [5.41, 5.74) is 4.91. The normalized spacial score (nSPS) is 14.5. The average molecular weight is 770 g/mol. The van der Waals surface area contributed by atoms with Gasteiger partial charge >= 0.3 is 6.18 Å². The van der Waals surface area contributed by atoms with E-state index in [0.717, 1.165) is 54.5 Å². The minimum absolute atomic E-state index is 0.0481. The van der Waals surface area contributed by atoms with E-state index in [4.69, 9.17) is 0 Å². The zero-order chi connectivity index (χ0) is 41.3. The van der Waals surface area contributed by atoms with Gasteiger partial charge in [-0.05, 0) is 69.9 Å². The van der Waals surface area contributed by atoms with Gasteiger partial charge in [-0.2, -0.15) is 13.2 Å². The summed E-state index contributed by atoms with van der Waals surface area (Å²) in [4.78, 5) is 34.8. The molecule has 3 aromatic carbocycles. The zero-order valence-corrected chi connectivity index (χ0v) is 34.4. The predicted octanol–water partition coefficient (Wildman–Crippen LogP) is 10.9. The molecule has 3 aromatic rings. The molecule has 5 nitrogen and oxygen atoms in total. The lowest BCUT2D eigenvalue weighted by Gasteiger charge is -2.39. The Labute approximate surface area is 334 Å². The van der Waals surface area contributed by atoms with Gasteiger partial charge in [0.2, 0.25) is 11.8 Å². The fourth-order valence-corrected chi connectivity index (χ4v) is 6.60. The van der Waals surface area contributed by atoms with Crippen LogP contribution < -0.4 is 0 Å². The molecule has 56 heavy (non-hydrogen) atoms. The van der Waals surface area contributed by atoms with Crippen molar-refractivity contribution in [2.24, 2.45) is 0 Å². The summed E-state index contributed by atoms with van der Waals surface area (Å²) in [7, 11) is 0. The molecule has 0 unspecified atom stereocenters. The minimum Gasteiger partial charge on any atom is -0.338 e. The number of carbonyl (C=O) groups excluding carboxylic acids is 2. The minimum atomic E-state index is -4.46. The van der Waals surface area contributed by atoms with Crippen molar-refractivity contribution in [3.8, 4) is 0 Å². The third-order valence-electron chi connectivity index (χ3n) is 9.98. The Morgan fingerprint density at radius 1 is 0.804 bits per heavy atom. The number of piperazine rings is 1. The van der Waals surface area contributed by atoms with Crippen LogP contribution in [-0.4, -0.2) is 65.3 Å². The van der Waals surface area contributed by atoms with Crippen molar-refractivity contribution in [2.75, 3.05) is 32.7 Å². The number of carbonyl (C=O) groups is 2. The van der Waals surface area contributed by atoms with Crippen LogP contribution in [0.5, 0.6) is 0 Å². The fraction of sp³-hybridized carbons (Fsp3) is 0.417. The summed E-state index contributed by atoms with van der Waals surface area (Å²) in [5, 5.41) is 0. The van der Waals surface area contributed by atoms with Crippen molar-refractivity contribution in [1.29, 1.82) is 0 Å². The molecule has 0 saturated carbocycles. The molecular formula is C48H62F3N3O2. The van der Waals surface area contributed by atoms with Crippen LogP contribution in [0.2, 0.25) is 0 Å². The molecule has 1 heterocycles. The van der Waals surface area contributed by atoms with E-state index in [1.54, 1.807) is 11.0 Å². The number of benzene rings is 3. The number of alkyl halides is 3. The van der Waals surface area contributed by atoms with Crippen LogP contribution in [0, 0.1) is 0 Å². The van der Waals surface area contributed by atoms with Gasteiger partial charge in [0, 0.05) is 51.8 Å². The number of hydrogen-bond acceptors (Lipinski definition) is 3. The quantitative estimate of drug-likeness (QED) is 0.0828. The lowest BCUT2D eigenvalue weighted by Crippen LogP contribution is -2.56. The van der Waals surface area contributed by atoms with E-state index in [1.807, 2.05) is 55.2 Å². The largest absolute Gasteiger partial charge is 0.416 e. The van der Waals surface area contributed by atoms with Crippen molar-refractivity contribution in [3.63, 3.8) is 0 Å². The van der Waals surface area contributed by atoms with E-state index < -0.39 is 23.7 Å². The second-order valence-corrected chi connectivity index (χ2v) is 15.1. The Morgan fingerprint density at radius 2 is 1.38 bits per heavy atom. The lowest BCUT2D eigenvalue weighted by molar-refractivity contribution is -0.145. The molecule has 0 bridgehead atoms. The van der Waals surface area contributed by atoms with E-state index in [1.165, 1.54) is 35.4 Å². The first kappa shape index (κ1) is 45.7. The highest BCUT2D eigenvalue weighted by molar-refractivity contribution is 5.95. The first-order valence-electron chi connectivity index (χ1n) is 20.0. The van der Waals surface area contributed by atoms with Crippen LogP contribution in [-0.2, 0) is 40.6 Å². The van der Waals surface area contributed by atoms with Gasteiger partial charge in [-0.1, -0.05) is 146 Å². The summed E-state index contributed by atoms with van der Waals surface area (Å²) < 4.78 is 39.7. The Balaban J connectivity index is 0.00000414. The predicted molar refractivity (Wildman–Crippen MR) is 226 cm³/mol. The van der Waals surface area contributed by atoms with E-state index in [9.17, 15) is 22.8 Å². The molecule has 1 aliphatic rings. The molecule has 0 aliphatic carbocycles. The molecular weight excluding hydrogens is 708 g/mol. The van der Waals surface area contributed by atoms with Gasteiger partial charge in [-0.3, -0.25) is 14.5 Å². The Bertz CT molecular complexity index is 1740. The van der Waals surface area contributed by atoms with Crippen LogP contribution in [0.1, 0.15) is 94.2 Å². The van der Waals surface area contributed by atoms with Crippen LogP contribution in [0.3, 0.4) is 0 Å². The molecule has 1 aliphatic heterocycles. The lowest BCUT2D eigenvalue weighted by atomic mass is 9.86. The maximum atomic E-state index is 14.7. The van der Waals surface area contributed by atoms with Gasteiger partial charge in [0.25, 0.3) is 0 Å². The number of unbranched alkanes of at least 4 members (excludes halogenated alkanes) is 2. The number of nitrogens with zero attached hydrogens (tertiary/aromatic N) is 3. The van der Waals surface area contributed by atoms with Gasteiger partial charge in [-0.25, -0.2) is 0 Å². The molecule has 0 N–H and O–H groups in total. The first-order chi connectivity index (χ1) is 26.7.